The van der Waals surface area contributed by atoms with Crippen LogP contribution in [-0.4, -0.2) is 43.8 Å². The summed E-state index contributed by atoms with van der Waals surface area (Å²) in [6, 6.07) is 0.365. The molecule has 0 radical (unpaired) electrons. The first-order valence-corrected chi connectivity index (χ1v) is 7.37. The zero-order valence-electron chi connectivity index (χ0n) is 10.8. The summed E-state index contributed by atoms with van der Waals surface area (Å²) in [5.41, 5.74) is 6.21. The molecule has 2 atom stereocenters. The van der Waals surface area contributed by atoms with Gasteiger partial charge in [0.25, 0.3) is 0 Å². The van der Waals surface area contributed by atoms with E-state index in [4.69, 9.17) is 10.5 Å². The molecule has 1 aliphatic heterocycles. The van der Waals surface area contributed by atoms with Crippen LogP contribution in [0.2, 0.25) is 0 Å². The lowest BCUT2D eigenvalue weighted by molar-refractivity contribution is 0.0247. The van der Waals surface area contributed by atoms with Crippen LogP contribution in [0.1, 0.15) is 32.1 Å². The van der Waals surface area contributed by atoms with E-state index in [0.29, 0.717) is 12.0 Å². The highest BCUT2D eigenvalue weighted by molar-refractivity contribution is 4.86. The smallest absolute Gasteiger partial charge is 0.0521 e. The molecule has 2 saturated carbocycles. The summed E-state index contributed by atoms with van der Waals surface area (Å²) in [5, 5.41) is 0. The van der Waals surface area contributed by atoms with Crippen LogP contribution < -0.4 is 5.73 Å². The van der Waals surface area contributed by atoms with Crippen LogP contribution in [0.3, 0.4) is 0 Å². The highest BCUT2D eigenvalue weighted by Crippen LogP contribution is 2.34. The Labute approximate surface area is 105 Å². The molecule has 1 heterocycles. The van der Waals surface area contributed by atoms with Gasteiger partial charge in [0.15, 0.2) is 0 Å². The third-order valence-electron chi connectivity index (χ3n) is 4.45. The van der Waals surface area contributed by atoms with E-state index in [9.17, 15) is 0 Å². The summed E-state index contributed by atoms with van der Waals surface area (Å²) in [7, 11) is 0. The summed E-state index contributed by atoms with van der Waals surface area (Å²) >= 11 is 0. The molecule has 3 fully saturated rings. The molecule has 98 valence electrons. The van der Waals surface area contributed by atoms with Crippen molar-refractivity contribution in [3.63, 3.8) is 0 Å². The van der Waals surface area contributed by atoms with Crippen molar-refractivity contribution >= 4 is 0 Å². The van der Waals surface area contributed by atoms with Gasteiger partial charge < -0.3 is 15.4 Å². The van der Waals surface area contributed by atoms with Crippen LogP contribution in [0.25, 0.3) is 0 Å². The number of rotatable bonds is 6. The van der Waals surface area contributed by atoms with Crippen LogP contribution in [-0.2, 0) is 4.74 Å². The standard InChI is InChI=1S/C14H26N2O/c15-14-5-6-17-10-13(14)9-16(7-11-1-2-11)8-12-3-4-12/h11-14H,1-10,15H2. The van der Waals surface area contributed by atoms with E-state index in [-0.39, 0.29) is 0 Å². The molecule has 3 aliphatic rings. The van der Waals surface area contributed by atoms with Gasteiger partial charge in [0, 0.05) is 38.2 Å². The lowest BCUT2D eigenvalue weighted by Gasteiger charge is -2.33. The third kappa shape index (κ3) is 3.67. The van der Waals surface area contributed by atoms with Gasteiger partial charge in [-0.25, -0.2) is 0 Å². The van der Waals surface area contributed by atoms with Crippen LogP contribution in [0.5, 0.6) is 0 Å². The molecule has 3 heteroatoms. The van der Waals surface area contributed by atoms with Crippen LogP contribution in [0.4, 0.5) is 0 Å². The second kappa shape index (κ2) is 5.25. The van der Waals surface area contributed by atoms with E-state index in [2.05, 4.69) is 4.90 Å². The van der Waals surface area contributed by atoms with Gasteiger partial charge in [-0.2, -0.15) is 0 Å². The Morgan fingerprint density at radius 3 is 2.12 bits per heavy atom. The summed E-state index contributed by atoms with van der Waals surface area (Å²) in [6.07, 6.45) is 6.86. The second-order valence-corrected chi connectivity index (χ2v) is 6.39. The number of hydrogen-bond acceptors (Lipinski definition) is 3. The minimum atomic E-state index is 0.365. The van der Waals surface area contributed by atoms with Gasteiger partial charge in [-0.3, -0.25) is 0 Å². The fraction of sp³-hybridized carbons (Fsp3) is 1.00. The first kappa shape index (κ1) is 11.9. The lowest BCUT2D eigenvalue weighted by atomic mass is 9.96. The number of nitrogens with zero attached hydrogens (tertiary/aromatic N) is 1. The average molecular weight is 238 g/mol. The second-order valence-electron chi connectivity index (χ2n) is 6.39. The van der Waals surface area contributed by atoms with Gasteiger partial charge in [0.2, 0.25) is 0 Å². The van der Waals surface area contributed by atoms with E-state index in [0.717, 1.165) is 31.5 Å². The number of ether oxygens (including phenoxy) is 1. The molecule has 2 unspecified atom stereocenters. The van der Waals surface area contributed by atoms with Crippen molar-refractivity contribution in [3.8, 4) is 0 Å². The van der Waals surface area contributed by atoms with E-state index in [1.165, 1.54) is 45.3 Å². The van der Waals surface area contributed by atoms with Gasteiger partial charge in [0.1, 0.15) is 0 Å². The molecular formula is C14H26N2O. The molecule has 17 heavy (non-hydrogen) atoms. The third-order valence-corrected chi connectivity index (χ3v) is 4.45. The Kier molecular flexibility index (Phi) is 3.69. The molecule has 0 aromatic rings. The van der Waals surface area contributed by atoms with Crippen molar-refractivity contribution in [2.45, 2.75) is 38.1 Å². The van der Waals surface area contributed by atoms with Gasteiger partial charge in [-0.05, 0) is 43.9 Å². The van der Waals surface area contributed by atoms with Crippen molar-refractivity contribution in [3.05, 3.63) is 0 Å². The maximum atomic E-state index is 6.21. The van der Waals surface area contributed by atoms with E-state index >= 15 is 0 Å². The topological polar surface area (TPSA) is 38.5 Å². The minimum absolute atomic E-state index is 0.365. The lowest BCUT2D eigenvalue weighted by Crippen LogP contribution is -2.46. The van der Waals surface area contributed by atoms with E-state index in [1.807, 2.05) is 0 Å². The first-order chi connectivity index (χ1) is 8.31. The summed E-state index contributed by atoms with van der Waals surface area (Å²) in [5.74, 6) is 2.56. The maximum Gasteiger partial charge on any atom is 0.0521 e. The molecule has 0 aromatic carbocycles. The fourth-order valence-corrected chi connectivity index (χ4v) is 2.89. The highest BCUT2D eigenvalue weighted by Gasteiger charge is 2.32. The Hall–Kier alpha value is -0.120. The Morgan fingerprint density at radius 2 is 1.59 bits per heavy atom. The predicted octanol–water partition coefficient (Wildman–Crippen LogP) is 1.47. The van der Waals surface area contributed by atoms with Crippen LogP contribution >= 0.6 is 0 Å². The van der Waals surface area contributed by atoms with E-state index < -0.39 is 0 Å². The minimum Gasteiger partial charge on any atom is -0.381 e. The molecule has 1 saturated heterocycles. The van der Waals surface area contributed by atoms with Crippen molar-refractivity contribution in [2.75, 3.05) is 32.8 Å². The Bertz CT molecular complexity index is 237. The monoisotopic (exact) mass is 238 g/mol. The van der Waals surface area contributed by atoms with Crippen LogP contribution in [0, 0.1) is 17.8 Å². The Morgan fingerprint density at radius 1 is 0.941 bits per heavy atom. The first-order valence-electron chi connectivity index (χ1n) is 7.37. The normalized spacial score (nSPS) is 34.2. The molecule has 3 nitrogen and oxygen atoms in total. The number of hydrogen-bond donors (Lipinski definition) is 1. The molecule has 0 amide bonds. The summed E-state index contributed by atoms with van der Waals surface area (Å²) in [4.78, 5) is 2.69. The molecule has 2 aliphatic carbocycles. The average Bonchev–Trinajstić information content (AvgIpc) is 3.17. The quantitative estimate of drug-likeness (QED) is 0.761. The maximum absolute atomic E-state index is 6.21. The molecule has 0 bridgehead atoms. The molecule has 2 N–H and O–H groups in total. The van der Waals surface area contributed by atoms with E-state index in [1.54, 1.807) is 0 Å². The zero-order valence-corrected chi connectivity index (χ0v) is 10.8. The molecular weight excluding hydrogens is 212 g/mol. The van der Waals surface area contributed by atoms with Gasteiger partial charge in [0.05, 0.1) is 6.61 Å². The molecule has 0 spiro atoms. The highest BCUT2D eigenvalue weighted by atomic mass is 16.5. The van der Waals surface area contributed by atoms with Crippen LogP contribution in [0.15, 0.2) is 0 Å². The van der Waals surface area contributed by atoms with Crippen molar-refractivity contribution in [1.29, 1.82) is 0 Å². The predicted molar refractivity (Wildman–Crippen MR) is 68.8 cm³/mol. The van der Waals surface area contributed by atoms with Crippen molar-refractivity contribution < 1.29 is 4.74 Å². The molecule has 0 aromatic heterocycles. The zero-order chi connectivity index (χ0) is 11.7. The summed E-state index contributed by atoms with van der Waals surface area (Å²) < 4.78 is 5.59. The Balaban J connectivity index is 1.49. The fourth-order valence-electron chi connectivity index (χ4n) is 2.89. The van der Waals surface area contributed by atoms with Gasteiger partial charge in [-0.15, -0.1) is 0 Å². The summed E-state index contributed by atoms with van der Waals surface area (Å²) in [6.45, 7) is 5.56. The largest absolute Gasteiger partial charge is 0.381 e. The molecule has 3 rings (SSSR count). The van der Waals surface area contributed by atoms with Crippen molar-refractivity contribution in [1.82, 2.24) is 4.90 Å². The van der Waals surface area contributed by atoms with Gasteiger partial charge >= 0.3 is 0 Å². The SMILES string of the molecule is NC1CCOCC1CN(CC1CC1)CC1CC1. The van der Waals surface area contributed by atoms with Crippen molar-refractivity contribution in [2.24, 2.45) is 23.5 Å². The van der Waals surface area contributed by atoms with Gasteiger partial charge in [-0.1, -0.05) is 0 Å². The number of nitrogens with two attached hydrogens (primary N) is 1.